The number of hydrogen-bond acceptors (Lipinski definition) is 6. The molecule has 0 bridgehead atoms. The maximum absolute atomic E-state index is 12.8. The number of non-ortho nitro benzene ring substituents is 1. The molecule has 0 fully saturated rings. The van der Waals surface area contributed by atoms with Crippen molar-refractivity contribution in [3.63, 3.8) is 0 Å². The summed E-state index contributed by atoms with van der Waals surface area (Å²) < 4.78 is 39.9. The fraction of sp³-hybridized carbons (Fsp3) is 0.0556. The number of aromatic nitrogens is 1. The highest BCUT2D eigenvalue weighted by Crippen LogP contribution is 2.34. The molecule has 1 N–H and O–H groups in total. The van der Waals surface area contributed by atoms with E-state index in [1.54, 1.807) is 22.9 Å². The molecule has 0 aliphatic carbocycles. The number of nitrogens with one attached hydrogen (secondary N) is 1. The second-order valence-electron chi connectivity index (χ2n) is 5.93. The van der Waals surface area contributed by atoms with Gasteiger partial charge in [0.1, 0.15) is 5.69 Å². The van der Waals surface area contributed by atoms with Gasteiger partial charge >= 0.3 is 6.18 Å². The Morgan fingerprint density at radius 3 is 2.30 bits per heavy atom. The van der Waals surface area contributed by atoms with Crippen molar-refractivity contribution in [2.24, 2.45) is 5.10 Å². The number of alkyl halides is 3. The average molecular weight is 419 g/mol. The predicted octanol–water partition coefficient (Wildman–Crippen LogP) is 4.76. The monoisotopic (exact) mass is 419 g/mol. The molecule has 1 aromatic heterocycles. The van der Waals surface area contributed by atoms with Gasteiger partial charge in [0.15, 0.2) is 0 Å². The number of halogens is 3. The van der Waals surface area contributed by atoms with Gasteiger partial charge in [-0.1, -0.05) is 0 Å². The molecule has 0 spiro atoms. The number of nitrogens with zero attached hydrogens (tertiary/aromatic N) is 4. The number of anilines is 1. The Hall–Kier alpha value is -4.22. The molecule has 0 aliphatic heterocycles. The zero-order valence-electron chi connectivity index (χ0n) is 14.9. The first-order valence-electron chi connectivity index (χ1n) is 8.24. The molecule has 0 unspecified atom stereocenters. The molecule has 30 heavy (non-hydrogen) atoms. The molecule has 0 saturated heterocycles. The van der Waals surface area contributed by atoms with Crippen LogP contribution in [-0.2, 0) is 6.18 Å². The molecular weight excluding hydrogens is 407 g/mol. The SMILES string of the molecule is O=[N+]([O-])c1ccc(-n2cccc2/C=N\Nc2ccc(C(F)(F)F)cc2[N+](=O)[O-])cc1. The van der Waals surface area contributed by atoms with E-state index in [9.17, 15) is 33.4 Å². The van der Waals surface area contributed by atoms with Gasteiger partial charge < -0.3 is 4.57 Å². The molecule has 0 saturated carbocycles. The molecule has 154 valence electrons. The first-order valence-corrected chi connectivity index (χ1v) is 8.24. The molecule has 0 atom stereocenters. The van der Waals surface area contributed by atoms with E-state index in [4.69, 9.17) is 0 Å². The summed E-state index contributed by atoms with van der Waals surface area (Å²) in [4.78, 5) is 20.4. The van der Waals surface area contributed by atoms with Crippen LogP contribution in [0.4, 0.5) is 30.2 Å². The van der Waals surface area contributed by atoms with Gasteiger partial charge in [0.25, 0.3) is 11.4 Å². The van der Waals surface area contributed by atoms with Gasteiger partial charge in [-0.2, -0.15) is 18.3 Å². The van der Waals surface area contributed by atoms with Crippen molar-refractivity contribution in [2.75, 3.05) is 5.43 Å². The van der Waals surface area contributed by atoms with Crippen LogP contribution in [-0.4, -0.2) is 20.6 Å². The van der Waals surface area contributed by atoms with E-state index in [0.717, 1.165) is 6.07 Å². The van der Waals surface area contributed by atoms with Crippen molar-refractivity contribution in [3.05, 3.63) is 92.3 Å². The van der Waals surface area contributed by atoms with E-state index in [2.05, 4.69) is 10.5 Å². The van der Waals surface area contributed by atoms with Crippen LogP contribution >= 0.6 is 0 Å². The molecule has 0 radical (unpaired) electrons. The summed E-state index contributed by atoms with van der Waals surface area (Å²) in [6, 6.07) is 11.1. The summed E-state index contributed by atoms with van der Waals surface area (Å²) in [6.07, 6.45) is -1.73. The molecule has 1 heterocycles. The predicted molar refractivity (Wildman–Crippen MR) is 102 cm³/mol. The first-order chi connectivity index (χ1) is 14.2. The fourth-order valence-corrected chi connectivity index (χ4v) is 2.59. The summed E-state index contributed by atoms with van der Waals surface area (Å²) >= 11 is 0. The Labute approximate surface area is 166 Å². The minimum atomic E-state index is -4.71. The lowest BCUT2D eigenvalue weighted by Crippen LogP contribution is -2.07. The van der Waals surface area contributed by atoms with Gasteiger partial charge in [0.05, 0.1) is 27.3 Å². The minimum Gasteiger partial charge on any atom is -0.316 e. The quantitative estimate of drug-likeness (QED) is 0.351. The van der Waals surface area contributed by atoms with Gasteiger partial charge in [-0.25, -0.2) is 0 Å². The smallest absolute Gasteiger partial charge is 0.316 e. The van der Waals surface area contributed by atoms with Crippen LogP contribution in [0.3, 0.4) is 0 Å². The number of nitro benzene ring substituents is 2. The molecule has 9 nitrogen and oxygen atoms in total. The van der Waals surface area contributed by atoms with Crippen LogP contribution in [0.25, 0.3) is 5.69 Å². The number of hydrogen-bond donors (Lipinski definition) is 1. The van der Waals surface area contributed by atoms with Crippen LogP contribution in [0, 0.1) is 20.2 Å². The van der Waals surface area contributed by atoms with Crippen LogP contribution < -0.4 is 5.43 Å². The molecule has 2 aromatic carbocycles. The lowest BCUT2D eigenvalue weighted by atomic mass is 10.1. The molecule has 12 heteroatoms. The fourth-order valence-electron chi connectivity index (χ4n) is 2.59. The third-order valence-electron chi connectivity index (χ3n) is 4.02. The number of benzene rings is 2. The average Bonchev–Trinajstić information content (AvgIpc) is 3.15. The van der Waals surface area contributed by atoms with Gasteiger partial charge in [0.2, 0.25) is 0 Å². The van der Waals surface area contributed by atoms with Crippen LogP contribution in [0.2, 0.25) is 0 Å². The highest BCUT2D eigenvalue weighted by atomic mass is 19.4. The van der Waals surface area contributed by atoms with E-state index in [1.807, 2.05) is 0 Å². The van der Waals surface area contributed by atoms with Crippen LogP contribution in [0.1, 0.15) is 11.3 Å². The number of rotatable bonds is 6. The van der Waals surface area contributed by atoms with Gasteiger partial charge in [-0.15, -0.1) is 0 Å². The minimum absolute atomic E-state index is 0.0718. The van der Waals surface area contributed by atoms with Crippen LogP contribution in [0.15, 0.2) is 65.9 Å². The van der Waals surface area contributed by atoms with Crippen molar-refractivity contribution in [1.29, 1.82) is 0 Å². The van der Waals surface area contributed by atoms with Crippen LogP contribution in [0.5, 0.6) is 0 Å². The van der Waals surface area contributed by atoms with Crippen molar-refractivity contribution in [1.82, 2.24) is 4.57 Å². The first kappa shape index (κ1) is 20.5. The summed E-state index contributed by atoms with van der Waals surface area (Å²) in [5.41, 5.74) is 1.30. The summed E-state index contributed by atoms with van der Waals surface area (Å²) in [5, 5.41) is 25.7. The van der Waals surface area contributed by atoms with Crippen molar-refractivity contribution in [2.45, 2.75) is 6.18 Å². The topological polar surface area (TPSA) is 116 Å². The molecular formula is C18H12F3N5O4. The van der Waals surface area contributed by atoms with E-state index in [1.165, 1.54) is 30.5 Å². The largest absolute Gasteiger partial charge is 0.416 e. The Balaban J connectivity index is 1.82. The lowest BCUT2D eigenvalue weighted by Gasteiger charge is -2.08. The second-order valence-corrected chi connectivity index (χ2v) is 5.93. The van der Waals surface area contributed by atoms with Crippen molar-refractivity contribution < 1.29 is 23.0 Å². The highest BCUT2D eigenvalue weighted by molar-refractivity contribution is 5.80. The van der Waals surface area contributed by atoms with E-state index < -0.39 is 27.3 Å². The van der Waals surface area contributed by atoms with E-state index >= 15 is 0 Å². The van der Waals surface area contributed by atoms with Gasteiger partial charge in [-0.3, -0.25) is 25.7 Å². The number of nitro groups is 2. The highest BCUT2D eigenvalue weighted by Gasteiger charge is 2.33. The zero-order valence-corrected chi connectivity index (χ0v) is 14.9. The van der Waals surface area contributed by atoms with E-state index in [-0.39, 0.29) is 11.4 Å². The Morgan fingerprint density at radius 1 is 1.00 bits per heavy atom. The van der Waals surface area contributed by atoms with E-state index in [0.29, 0.717) is 23.5 Å². The number of hydrazone groups is 1. The summed E-state index contributed by atoms with van der Waals surface area (Å²) in [5.74, 6) is 0. The zero-order chi connectivity index (χ0) is 21.9. The lowest BCUT2D eigenvalue weighted by molar-refractivity contribution is -0.384. The van der Waals surface area contributed by atoms with Gasteiger partial charge in [0, 0.05) is 30.1 Å². The van der Waals surface area contributed by atoms with Gasteiger partial charge in [-0.05, 0) is 36.4 Å². The molecule has 0 amide bonds. The normalized spacial score (nSPS) is 11.6. The molecule has 3 aromatic rings. The van der Waals surface area contributed by atoms with Crippen molar-refractivity contribution >= 4 is 23.3 Å². The van der Waals surface area contributed by atoms with Crippen molar-refractivity contribution in [3.8, 4) is 5.69 Å². The Bertz CT molecular complexity index is 1120. The standard InChI is InChI=1S/C18H12F3N5O4/c19-18(20,21)12-3-8-16(17(10-12)26(29)30)23-22-11-15-2-1-9-24(15)13-4-6-14(7-5-13)25(27)28/h1-11,23H/b22-11-. The molecule has 0 aliphatic rings. The summed E-state index contributed by atoms with van der Waals surface area (Å²) in [6.45, 7) is 0. The third kappa shape index (κ3) is 4.43. The Kier molecular flexibility index (Phi) is 5.49. The summed E-state index contributed by atoms with van der Waals surface area (Å²) in [7, 11) is 0. The maximum Gasteiger partial charge on any atom is 0.416 e. The maximum atomic E-state index is 12.8. The Morgan fingerprint density at radius 2 is 1.70 bits per heavy atom. The second kappa shape index (κ2) is 8.03. The molecule has 3 rings (SSSR count). The third-order valence-corrected chi connectivity index (χ3v) is 4.02.